The van der Waals surface area contributed by atoms with Gasteiger partial charge in [-0.15, -0.1) is 11.3 Å². The number of piperidine rings is 1. The van der Waals surface area contributed by atoms with E-state index in [-0.39, 0.29) is 11.9 Å². The molecule has 1 aliphatic heterocycles. The van der Waals surface area contributed by atoms with Crippen LogP contribution < -0.4 is 10.6 Å². The SMILES string of the molecule is CCc1cnc(C(C)NC(=O)CC2CCNCC2)s1. The Morgan fingerprint density at radius 2 is 2.32 bits per heavy atom. The second-order valence-electron chi connectivity index (χ2n) is 5.21. The molecule has 2 heterocycles. The number of nitrogens with zero attached hydrogens (tertiary/aromatic N) is 1. The Morgan fingerprint density at radius 1 is 1.58 bits per heavy atom. The minimum atomic E-state index is 0.0273. The number of nitrogens with one attached hydrogen (secondary N) is 2. The maximum atomic E-state index is 12.0. The fourth-order valence-corrected chi connectivity index (χ4v) is 3.26. The van der Waals surface area contributed by atoms with E-state index in [1.807, 2.05) is 13.1 Å². The van der Waals surface area contributed by atoms with Crippen molar-refractivity contribution in [2.24, 2.45) is 5.92 Å². The molecule has 0 aliphatic carbocycles. The lowest BCUT2D eigenvalue weighted by molar-refractivity contribution is -0.122. The number of aromatic nitrogens is 1. The topological polar surface area (TPSA) is 54.0 Å². The first-order chi connectivity index (χ1) is 9.19. The largest absolute Gasteiger partial charge is 0.347 e. The normalized spacial score (nSPS) is 18.2. The van der Waals surface area contributed by atoms with Crippen LogP contribution in [-0.4, -0.2) is 24.0 Å². The molecular weight excluding hydrogens is 258 g/mol. The summed E-state index contributed by atoms with van der Waals surface area (Å²) in [6, 6.07) is 0.0273. The Bertz CT molecular complexity index is 413. The quantitative estimate of drug-likeness (QED) is 0.870. The van der Waals surface area contributed by atoms with Gasteiger partial charge in [0, 0.05) is 17.5 Å². The number of hydrogen-bond donors (Lipinski definition) is 2. The van der Waals surface area contributed by atoms with Crippen molar-refractivity contribution in [3.63, 3.8) is 0 Å². The van der Waals surface area contributed by atoms with Gasteiger partial charge in [-0.3, -0.25) is 4.79 Å². The van der Waals surface area contributed by atoms with Gasteiger partial charge < -0.3 is 10.6 Å². The van der Waals surface area contributed by atoms with Crippen molar-refractivity contribution >= 4 is 17.2 Å². The molecule has 0 bridgehead atoms. The van der Waals surface area contributed by atoms with Gasteiger partial charge in [0.1, 0.15) is 5.01 Å². The minimum absolute atomic E-state index is 0.0273. The van der Waals surface area contributed by atoms with E-state index in [2.05, 4.69) is 22.5 Å². The molecule has 5 heteroatoms. The van der Waals surface area contributed by atoms with Crippen LogP contribution in [0, 0.1) is 5.92 Å². The maximum absolute atomic E-state index is 12.0. The second-order valence-corrected chi connectivity index (χ2v) is 6.35. The highest BCUT2D eigenvalue weighted by molar-refractivity contribution is 7.11. The van der Waals surface area contributed by atoms with Crippen molar-refractivity contribution in [3.8, 4) is 0 Å². The molecule has 0 radical (unpaired) electrons. The summed E-state index contributed by atoms with van der Waals surface area (Å²) in [7, 11) is 0. The Hall–Kier alpha value is -0.940. The summed E-state index contributed by atoms with van der Waals surface area (Å²) >= 11 is 1.69. The summed E-state index contributed by atoms with van der Waals surface area (Å²) in [6.45, 7) is 6.22. The molecule has 1 amide bonds. The van der Waals surface area contributed by atoms with Gasteiger partial charge in [0.05, 0.1) is 6.04 Å². The number of aryl methyl sites for hydroxylation is 1. The molecule has 1 unspecified atom stereocenters. The Balaban J connectivity index is 1.80. The van der Waals surface area contributed by atoms with E-state index in [1.165, 1.54) is 4.88 Å². The van der Waals surface area contributed by atoms with Crippen molar-refractivity contribution in [3.05, 3.63) is 16.1 Å². The molecule has 1 aliphatic rings. The molecule has 2 N–H and O–H groups in total. The van der Waals surface area contributed by atoms with Gasteiger partial charge in [-0.1, -0.05) is 6.92 Å². The highest BCUT2D eigenvalue weighted by Crippen LogP contribution is 2.21. The summed E-state index contributed by atoms with van der Waals surface area (Å²) in [5.74, 6) is 0.698. The van der Waals surface area contributed by atoms with Crippen LogP contribution in [0.4, 0.5) is 0 Å². The van der Waals surface area contributed by atoms with E-state index < -0.39 is 0 Å². The van der Waals surface area contributed by atoms with Crippen LogP contribution in [-0.2, 0) is 11.2 Å². The van der Waals surface area contributed by atoms with Gasteiger partial charge in [-0.05, 0) is 45.2 Å². The zero-order valence-electron chi connectivity index (χ0n) is 11.7. The minimum Gasteiger partial charge on any atom is -0.347 e. The molecule has 0 aromatic carbocycles. The smallest absolute Gasteiger partial charge is 0.220 e. The predicted molar refractivity (Wildman–Crippen MR) is 78.3 cm³/mol. The first-order valence-corrected chi connectivity index (χ1v) is 7.95. The van der Waals surface area contributed by atoms with E-state index in [1.54, 1.807) is 11.3 Å². The number of thiazole rings is 1. The lowest BCUT2D eigenvalue weighted by Gasteiger charge is -2.22. The summed E-state index contributed by atoms with van der Waals surface area (Å²) in [5.41, 5.74) is 0. The summed E-state index contributed by atoms with van der Waals surface area (Å²) in [6.07, 6.45) is 5.79. The highest BCUT2D eigenvalue weighted by Gasteiger charge is 2.19. The first-order valence-electron chi connectivity index (χ1n) is 7.13. The second kappa shape index (κ2) is 7.01. The molecule has 19 heavy (non-hydrogen) atoms. The van der Waals surface area contributed by atoms with Crippen LogP contribution in [0.25, 0.3) is 0 Å². The van der Waals surface area contributed by atoms with Crippen molar-refractivity contribution in [2.75, 3.05) is 13.1 Å². The van der Waals surface area contributed by atoms with Crippen LogP contribution in [0.15, 0.2) is 6.20 Å². The molecule has 1 fully saturated rings. The van der Waals surface area contributed by atoms with Crippen LogP contribution in [0.2, 0.25) is 0 Å². The number of carbonyl (C=O) groups is 1. The fraction of sp³-hybridized carbons (Fsp3) is 0.714. The lowest BCUT2D eigenvalue weighted by atomic mass is 9.94. The molecule has 0 spiro atoms. The molecule has 106 valence electrons. The van der Waals surface area contributed by atoms with E-state index >= 15 is 0 Å². The number of hydrogen-bond acceptors (Lipinski definition) is 4. The monoisotopic (exact) mass is 281 g/mol. The third-order valence-corrected chi connectivity index (χ3v) is 4.92. The molecule has 1 aromatic rings. The van der Waals surface area contributed by atoms with E-state index in [9.17, 15) is 4.79 Å². The molecule has 0 saturated carbocycles. The van der Waals surface area contributed by atoms with Crippen molar-refractivity contribution in [2.45, 2.75) is 45.6 Å². The van der Waals surface area contributed by atoms with E-state index in [0.717, 1.165) is 37.4 Å². The highest BCUT2D eigenvalue weighted by atomic mass is 32.1. The third kappa shape index (κ3) is 4.28. The number of amides is 1. The first kappa shape index (κ1) is 14.5. The average molecular weight is 281 g/mol. The molecular formula is C14H23N3OS. The lowest BCUT2D eigenvalue weighted by Crippen LogP contribution is -2.33. The Morgan fingerprint density at radius 3 is 2.95 bits per heavy atom. The van der Waals surface area contributed by atoms with Crippen molar-refractivity contribution in [1.82, 2.24) is 15.6 Å². The van der Waals surface area contributed by atoms with Crippen molar-refractivity contribution < 1.29 is 4.79 Å². The van der Waals surface area contributed by atoms with Crippen LogP contribution in [0.5, 0.6) is 0 Å². The van der Waals surface area contributed by atoms with Gasteiger partial charge in [0.15, 0.2) is 0 Å². The molecule has 2 rings (SSSR count). The molecule has 1 aromatic heterocycles. The number of carbonyl (C=O) groups excluding carboxylic acids is 1. The van der Waals surface area contributed by atoms with Gasteiger partial charge in [0.2, 0.25) is 5.91 Å². The van der Waals surface area contributed by atoms with Gasteiger partial charge in [0.25, 0.3) is 0 Å². The zero-order valence-corrected chi connectivity index (χ0v) is 12.6. The number of rotatable bonds is 5. The van der Waals surface area contributed by atoms with Crippen LogP contribution in [0.3, 0.4) is 0 Å². The Labute approximate surface area is 119 Å². The van der Waals surface area contributed by atoms with Crippen LogP contribution >= 0.6 is 11.3 Å². The van der Waals surface area contributed by atoms with E-state index in [0.29, 0.717) is 12.3 Å². The predicted octanol–water partition coefficient (Wildman–Crippen LogP) is 2.27. The third-order valence-electron chi connectivity index (χ3n) is 3.60. The summed E-state index contributed by atoms with van der Waals surface area (Å²) in [5, 5.41) is 7.40. The average Bonchev–Trinajstić information content (AvgIpc) is 2.88. The summed E-state index contributed by atoms with van der Waals surface area (Å²) in [4.78, 5) is 17.7. The van der Waals surface area contributed by atoms with Gasteiger partial charge in [-0.25, -0.2) is 4.98 Å². The Kier molecular flexibility index (Phi) is 5.34. The molecule has 1 saturated heterocycles. The molecule has 4 nitrogen and oxygen atoms in total. The van der Waals surface area contributed by atoms with Crippen LogP contribution in [0.1, 0.15) is 49.0 Å². The standard InChI is InChI=1S/C14H23N3OS/c1-3-12-9-16-14(19-12)10(2)17-13(18)8-11-4-6-15-7-5-11/h9-11,15H,3-8H2,1-2H3,(H,17,18). The summed E-state index contributed by atoms with van der Waals surface area (Å²) < 4.78 is 0. The fourth-order valence-electron chi connectivity index (χ4n) is 2.40. The zero-order chi connectivity index (χ0) is 13.7. The van der Waals surface area contributed by atoms with E-state index in [4.69, 9.17) is 0 Å². The van der Waals surface area contributed by atoms with Gasteiger partial charge in [-0.2, -0.15) is 0 Å². The van der Waals surface area contributed by atoms with Crippen molar-refractivity contribution in [1.29, 1.82) is 0 Å². The van der Waals surface area contributed by atoms with Gasteiger partial charge >= 0.3 is 0 Å². The maximum Gasteiger partial charge on any atom is 0.220 e. The molecule has 1 atom stereocenters.